The summed E-state index contributed by atoms with van der Waals surface area (Å²) < 4.78 is 2.51. The lowest BCUT2D eigenvalue weighted by atomic mass is 10.0. The minimum Gasteiger partial charge on any atom is -0.340 e. The summed E-state index contributed by atoms with van der Waals surface area (Å²) in [5.41, 5.74) is 9.07. The van der Waals surface area contributed by atoms with Crippen molar-refractivity contribution in [2.75, 3.05) is 13.6 Å². The molecule has 0 saturated carbocycles. The minimum absolute atomic E-state index is 0.208. The van der Waals surface area contributed by atoms with Crippen LogP contribution in [0.4, 0.5) is 0 Å². The molecule has 1 aromatic heterocycles. The van der Waals surface area contributed by atoms with Crippen molar-refractivity contribution in [3.05, 3.63) is 69.9 Å². The maximum Gasteiger partial charge on any atom is 0.162 e. The van der Waals surface area contributed by atoms with E-state index in [1.165, 1.54) is 38.9 Å². The van der Waals surface area contributed by atoms with Crippen molar-refractivity contribution in [3.8, 4) is 0 Å². The lowest BCUT2D eigenvalue weighted by molar-refractivity contribution is 0.0988. The highest BCUT2D eigenvalue weighted by atomic mass is 16.1. The number of fused-ring (bicyclic) bond motifs is 3. The van der Waals surface area contributed by atoms with Crippen LogP contribution in [-0.2, 0) is 19.5 Å². The Kier molecular flexibility index (Phi) is 4.65. The van der Waals surface area contributed by atoms with Gasteiger partial charge in [0.05, 0.1) is 0 Å². The van der Waals surface area contributed by atoms with Crippen molar-refractivity contribution >= 4 is 16.7 Å². The van der Waals surface area contributed by atoms with Crippen molar-refractivity contribution in [1.29, 1.82) is 0 Å². The van der Waals surface area contributed by atoms with Gasteiger partial charge in [-0.3, -0.25) is 4.79 Å². The van der Waals surface area contributed by atoms with Gasteiger partial charge >= 0.3 is 0 Å². The Hall–Kier alpha value is -2.39. The monoisotopic (exact) mass is 360 g/mol. The van der Waals surface area contributed by atoms with Crippen LogP contribution in [-0.4, -0.2) is 28.8 Å². The van der Waals surface area contributed by atoms with Gasteiger partial charge in [-0.15, -0.1) is 0 Å². The average molecular weight is 361 g/mol. The molecule has 0 unspecified atom stereocenters. The molecule has 27 heavy (non-hydrogen) atoms. The molecule has 0 N–H and O–H groups in total. The average Bonchev–Trinajstić information content (AvgIpc) is 2.94. The normalized spacial score (nSPS) is 14.5. The fraction of sp³-hybridized carbons (Fsp3) is 0.375. The molecule has 3 aromatic rings. The predicted octanol–water partition coefficient (Wildman–Crippen LogP) is 4.89. The van der Waals surface area contributed by atoms with Crippen LogP contribution in [0.5, 0.6) is 0 Å². The Bertz CT molecular complexity index is 1010. The molecule has 3 nitrogen and oxygen atoms in total. The zero-order valence-corrected chi connectivity index (χ0v) is 16.8. The fourth-order valence-corrected chi connectivity index (χ4v) is 4.47. The SMILES string of the molecule is CCC(=O)c1ccc(Cn2c3c(c4c(C)cc(C)cc42)CN(C)CC3)cc1. The van der Waals surface area contributed by atoms with Gasteiger partial charge in [0.25, 0.3) is 0 Å². The summed E-state index contributed by atoms with van der Waals surface area (Å²) >= 11 is 0. The van der Waals surface area contributed by atoms with Crippen LogP contribution < -0.4 is 0 Å². The maximum atomic E-state index is 11.9. The first-order chi connectivity index (χ1) is 13.0. The van der Waals surface area contributed by atoms with Crippen LogP contribution >= 0.6 is 0 Å². The van der Waals surface area contributed by atoms with Gasteiger partial charge in [0.15, 0.2) is 5.78 Å². The lowest BCUT2D eigenvalue weighted by Gasteiger charge is -2.24. The van der Waals surface area contributed by atoms with Crippen LogP contribution in [0.25, 0.3) is 10.9 Å². The lowest BCUT2D eigenvalue weighted by Crippen LogP contribution is -2.27. The van der Waals surface area contributed by atoms with Gasteiger partial charge in [0.2, 0.25) is 0 Å². The molecule has 0 bridgehead atoms. The topological polar surface area (TPSA) is 25.2 Å². The molecule has 3 heteroatoms. The third kappa shape index (κ3) is 3.21. The molecule has 2 heterocycles. The highest BCUT2D eigenvalue weighted by molar-refractivity contribution is 5.95. The minimum atomic E-state index is 0.208. The summed E-state index contributed by atoms with van der Waals surface area (Å²) in [6.45, 7) is 9.31. The molecule has 4 rings (SSSR count). The van der Waals surface area contributed by atoms with E-state index in [0.717, 1.165) is 31.6 Å². The molecule has 0 radical (unpaired) electrons. The van der Waals surface area contributed by atoms with Crippen molar-refractivity contribution in [2.24, 2.45) is 0 Å². The number of hydrogen-bond donors (Lipinski definition) is 0. The Labute approximate surface area is 161 Å². The summed E-state index contributed by atoms with van der Waals surface area (Å²) in [6, 6.07) is 12.8. The number of carbonyl (C=O) groups excluding carboxylic acids is 1. The van der Waals surface area contributed by atoms with E-state index in [4.69, 9.17) is 0 Å². The molecule has 2 aromatic carbocycles. The molecule has 0 spiro atoms. The molecule has 0 aliphatic carbocycles. The van der Waals surface area contributed by atoms with E-state index in [0.29, 0.717) is 6.42 Å². The molecule has 1 aliphatic rings. The van der Waals surface area contributed by atoms with Crippen molar-refractivity contribution in [2.45, 2.75) is 46.7 Å². The fourth-order valence-electron chi connectivity index (χ4n) is 4.47. The number of aromatic nitrogens is 1. The van der Waals surface area contributed by atoms with Crippen molar-refractivity contribution in [3.63, 3.8) is 0 Å². The first-order valence-corrected chi connectivity index (χ1v) is 9.89. The highest BCUT2D eigenvalue weighted by Gasteiger charge is 2.23. The summed E-state index contributed by atoms with van der Waals surface area (Å²) in [4.78, 5) is 14.3. The van der Waals surface area contributed by atoms with Gasteiger partial charge < -0.3 is 9.47 Å². The first kappa shape index (κ1) is 18.0. The third-order valence-electron chi connectivity index (χ3n) is 5.82. The smallest absolute Gasteiger partial charge is 0.162 e. The number of hydrogen-bond acceptors (Lipinski definition) is 2. The van der Waals surface area contributed by atoms with Crippen LogP contribution in [0.3, 0.4) is 0 Å². The van der Waals surface area contributed by atoms with Gasteiger partial charge in [-0.1, -0.05) is 37.3 Å². The maximum absolute atomic E-state index is 11.9. The Morgan fingerprint density at radius 2 is 1.85 bits per heavy atom. The van der Waals surface area contributed by atoms with E-state index < -0.39 is 0 Å². The predicted molar refractivity (Wildman–Crippen MR) is 112 cm³/mol. The number of carbonyl (C=O) groups is 1. The number of benzene rings is 2. The molecule has 0 atom stereocenters. The zero-order chi connectivity index (χ0) is 19.1. The van der Waals surface area contributed by atoms with Crippen LogP contribution in [0.2, 0.25) is 0 Å². The van der Waals surface area contributed by atoms with E-state index in [9.17, 15) is 4.79 Å². The van der Waals surface area contributed by atoms with Crippen LogP contribution in [0, 0.1) is 13.8 Å². The number of ketones is 1. The molecule has 0 fully saturated rings. The number of nitrogens with zero attached hydrogens (tertiary/aromatic N) is 2. The molecule has 0 saturated heterocycles. The molecule has 0 amide bonds. The standard InChI is InChI=1S/C24H28N2O/c1-5-23(27)19-8-6-18(7-9-19)14-26-21-10-11-25(4)15-20(21)24-17(3)12-16(2)13-22(24)26/h6-9,12-13H,5,10-11,14-15H2,1-4H3. The van der Waals surface area contributed by atoms with Gasteiger partial charge in [0.1, 0.15) is 0 Å². The quantitative estimate of drug-likeness (QED) is 0.619. The van der Waals surface area contributed by atoms with Crippen LogP contribution in [0.1, 0.15) is 51.7 Å². The number of aryl methyl sites for hydroxylation is 2. The van der Waals surface area contributed by atoms with Crippen molar-refractivity contribution < 1.29 is 4.79 Å². The second-order valence-corrected chi connectivity index (χ2v) is 7.95. The number of Topliss-reactive ketones (excluding diaryl/α,β-unsaturated/α-hetero) is 1. The van der Waals surface area contributed by atoms with Crippen LogP contribution in [0.15, 0.2) is 36.4 Å². The summed E-state index contributed by atoms with van der Waals surface area (Å²) in [5, 5.41) is 1.43. The van der Waals surface area contributed by atoms with E-state index >= 15 is 0 Å². The Morgan fingerprint density at radius 3 is 2.56 bits per heavy atom. The van der Waals surface area contributed by atoms with Gasteiger partial charge in [-0.05, 0) is 49.2 Å². The van der Waals surface area contributed by atoms with E-state index in [2.05, 4.69) is 54.6 Å². The second-order valence-electron chi connectivity index (χ2n) is 7.95. The third-order valence-corrected chi connectivity index (χ3v) is 5.82. The first-order valence-electron chi connectivity index (χ1n) is 9.89. The van der Waals surface area contributed by atoms with E-state index in [1.54, 1.807) is 0 Å². The van der Waals surface area contributed by atoms with Gasteiger partial charge in [-0.25, -0.2) is 0 Å². The Morgan fingerprint density at radius 1 is 1.11 bits per heavy atom. The van der Waals surface area contributed by atoms with Gasteiger partial charge in [0, 0.05) is 54.6 Å². The largest absolute Gasteiger partial charge is 0.340 e. The molecule has 1 aliphatic heterocycles. The summed E-state index contributed by atoms with van der Waals surface area (Å²) in [5.74, 6) is 0.208. The summed E-state index contributed by atoms with van der Waals surface area (Å²) in [6.07, 6.45) is 1.65. The van der Waals surface area contributed by atoms with Gasteiger partial charge in [-0.2, -0.15) is 0 Å². The zero-order valence-electron chi connectivity index (χ0n) is 16.8. The van der Waals surface area contributed by atoms with Crippen molar-refractivity contribution in [1.82, 2.24) is 9.47 Å². The second kappa shape index (κ2) is 6.97. The number of likely N-dealkylation sites (N-methyl/N-ethyl adjacent to an activating group) is 1. The summed E-state index contributed by atoms with van der Waals surface area (Å²) in [7, 11) is 2.21. The van der Waals surface area contributed by atoms with E-state index in [1.807, 2.05) is 19.1 Å². The molecular formula is C24H28N2O. The molecular weight excluding hydrogens is 332 g/mol. The highest BCUT2D eigenvalue weighted by Crippen LogP contribution is 2.34. The molecule has 140 valence electrons. The number of rotatable bonds is 4. The van der Waals surface area contributed by atoms with E-state index in [-0.39, 0.29) is 5.78 Å². The Balaban J connectivity index is 1.80.